The highest BCUT2D eigenvalue weighted by atomic mass is 15.3. The topological polar surface area (TPSA) is 58.9 Å². The SMILES string of the molecule is Cc1cn2c(n1)C(C)N(c1ccc3cnnc(N[C@H](C)c4cccc(C)c4C)c3c1)CC2. The van der Waals surface area contributed by atoms with Crippen LogP contribution < -0.4 is 10.2 Å². The molecular formula is C26H30N6. The predicted octanol–water partition coefficient (Wildman–Crippen LogP) is 5.51. The van der Waals surface area contributed by atoms with E-state index in [-0.39, 0.29) is 12.1 Å². The van der Waals surface area contributed by atoms with Gasteiger partial charge in [-0.3, -0.25) is 0 Å². The van der Waals surface area contributed by atoms with Crippen LogP contribution in [0.1, 0.15) is 54.1 Å². The second-order valence-electron chi connectivity index (χ2n) is 8.92. The number of anilines is 2. The molecule has 5 rings (SSSR count). The number of hydrogen-bond donors (Lipinski definition) is 1. The summed E-state index contributed by atoms with van der Waals surface area (Å²) in [6.45, 7) is 12.7. The van der Waals surface area contributed by atoms with E-state index in [9.17, 15) is 0 Å². The average Bonchev–Trinajstić information content (AvgIpc) is 3.17. The van der Waals surface area contributed by atoms with Crippen LogP contribution in [0.5, 0.6) is 0 Å². The Bertz CT molecular complexity index is 1290. The summed E-state index contributed by atoms with van der Waals surface area (Å²) < 4.78 is 2.28. The quantitative estimate of drug-likeness (QED) is 0.466. The monoisotopic (exact) mass is 426 g/mol. The maximum atomic E-state index is 4.76. The van der Waals surface area contributed by atoms with Crippen molar-refractivity contribution in [3.63, 3.8) is 0 Å². The summed E-state index contributed by atoms with van der Waals surface area (Å²) in [4.78, 5) is 7.19. The molecule has 4 aromatic rings. The molecule has 0 saturated heterocycles. The summed E-state index contributed by atoms with van der Waals surface area (Å²) >= 11 is 0. The van der Waals surface area contributed by atoms with E-state index in [1.54, 1.807) is 0 Å². The predicted molar refractivity (Wildman–Crippen MR) is 130 cm³/mol. The van der Waals surface area contributed by atoms with Gasteiger partial charge < -0.3 is 14.8 Å². The Balaban J connectivity index is 1.49. The van der Waals surface area contributed by atoms with Gasteiger partial charge in [0.1, 0.15) is 5.82 Å². The van der Waals surface area contributed by atoms with Crippen LogP contribution in [0.2, 0.25) is 0 Å². The fourth-order valence-electron chi connectivity index (χ4n) is 4.85. The number of imidazole rings is 1. The lowest BCUT2D eigenvalue weighted by Gasteiger charge is -2.35. The second kappa shape index (κ2) is 7.93. The summed E-state index contributed by atoms with van der Waals surface area (Å²) in [5.41, 5.74) is 6.16. The summed E-state index contributed by atoms with van der Waals surface area (Å²) in [7, 11) is 0. The van der Waals surface area contributed by atoms with Crippen LogP contribution in [-0.4, -0.2) is 26.3 Å². The van der Waals surface area contributed by atoms with Crippen LogP contribution in [0, 0.1) is 20.8 Å². The van der Waals surface area contributed by atoms with Crippen molar-refractivity contribution in [3.05, 3.63) is 77.0 Å². The molecule has 6 nitrogen and oxygen atoms in total. The van der Waals surface area contributed by atoms with Crippen LogP contribution in [-0.2, 0) is 6.54 Å². The van der Waals surface area contributed by atoms with Crippen LogP contribution >= 0.6 is 0 Å². The lowest BCUT2D eigenvalue weighted by molar-refractivity contribution is 0.496. The van der Waals surface area contributed by atoms with E-state index < -0.39 is 0 Å². The average molecular weight is 427 g/mol. The van der Waals surface area contributed by atoms with Gasteiger partial charge in [-0.1, -0.05) is 24.3 Å². The fraction of sp³-hybridized carbons (Fsp3) is 0.346. The van der Waals surface area contributed by atoms with Crippen molar-refractivity contribution in [2.24, 2.45) is 0 Å². The first-order valence-electron chi connectivity index (χ1n) is 11.3. The Morgan fingerprint density at radius 1 is 1.09 bits per heavy atom. The van der Waals surface area contributed by atoms with E-state index in [0.717, 1.165) is 41.2 Å². The van der Waals surface area contributed by atoms with Gasteiger partial charge >= 0.3 is 0 Å². The molecule has 0 spiro atoms. The molecule has 1 aliphatic heterocycles. The molecule has 0 bridgehead atoms. The first kappa shape index (κ1) is 20.5. The van der Waals surface area contributed by atoms with Crippen molar-refractivity contribution in [2.45, 2.75) is 53.2 Å². The van der Waals surface area contributed by atoms with Crippen molar-refractivity contribution in [2.75, 3.05) is 16.8 Å². The second-order valence-corrected chi connectivity index (χ2v) is 8.92. The molecule has 0 saturated carbocycles. The van der Waals surface area contributed by atoms with Gasteiger partial charge in [0, 0.05) is 35.7 Å². The van der Waals surface area contributed by atoms with Gasteiger partial charge in [0.2, 0.25) is 0 Å². The van der Waals surface area contributed by atoms with E-state index in [0.29, 0.717) is 0 Å². The molecule has 1 aliphatic rings. The van der Waals surface area contributed by atoms with Crippen molar-refractivity contribution in [3.8, 4) is 0 Å². The third-order valence-electron chi connectivity index (χ3n) is 6.80. The summed E-state index contributed by atoms with van der Waals surface area (Å²) in [6.07, 6.45) is 3.98. The normalized spacial score (nSPS) is 16.8. The lowest BCUT2D eigenvalue weighted by Crippen LogP contribution is -2.36. The Morgan fingerprint density at radius 3 is 2.78 bits per heavy atom. The summed E-state index contributed by atoms with van der Waals surface area (Å²) in [5, 5.41) is 14.5. The minimum atomic E-state index is 0.128. The van der Waals surface area contributed by atoms with Crippen LogP contribution in [0.4, 0.5) is 11.5 Å². The molecule has 2 aromatic heterocycles. The Kier molecular flexibility index (Phi) is 5.08. The third-order valence-corrected chi connectivity index (χ3v) is 6.80. The number of benzene rings is 2. The molecule has 2 aromatic carbocycles. The molecule has 6 heteroatoms. The number of aromatic nitrogens is 4. The highest BCUT2D eigenvalue weighted by Gasteiger charge is 2.26. The molecule has 1 N–H and O–H groups in total. The lowest BCUT2D eigenvalue weighted by atomic mass is 9.98. The molecular weight excluding hydrogens is 396 g/mol. The molecule has 32 heavy (non-hydrogen) atoms. The van der Waals surface area contributed by atoms with Crippen molar-refractivity contribution < 1.29 is 0 Å². The van der Waals surface area contributed by atoms with Crippen molar-refractivity contribution >= 4 is 22.3 Å². The molecule has 0 fully saturated rings. The van der Waals surface area contributed by atoms with E-state index in [2.05, 4.69) is 102 Å². The molecule has 3 heterocycles. The summed E-state index contributed by atoms with van der Waals surface area (Å²) in [6, 6.07) is 13.4. The van der Waals surface area contributed by atoms with E-state index in [4.69, 9.17) is 4.98 Å². The largest absolute Gasteiger partial charge is 0.362 e. The van der Waals surface area contributed by atoms with Gasteiger partial charge in [-0.05, 0) is 63.4 Å². The van der Waals surface area contributed by atoms with Gasteiger partial charge in [-0.25, -0.2) is 4.98 Å². The highest BCUT2D eigenvalue weighted by molar-refractivity contribution is 5.93. The number of fused-ring (bicyclic) bond motifs is 2. The number of hydrogen-bond acceptors (Lipinski definition) is 5. The van der Waals surface area contributed by atoms with Gasteiger partial charge in [0.25, 0.3) is 0 Å². The van der Waals surface area contributed by atoms with Crippen LogP contribution in [0.15, 0.2) is 48.8 Å². The van der Waals surface area contributed by atoms with Gasteiger partial charge in [0.05, 0.1) is 24.0 Å². The zero-order valence-corrected chi connectivity index (χ0v) is 19.4. The van der Waals surface area contributed by atoms with Crippen LogP contribution in [0.25, 0.3) is 10.8 Å². The maximum Gasteiger partial charge on any atom is 0.157 e. The van der Waals surface area contributed by atoms with Gasteiger partial charge in [-0.15, -0.1) is 5.10 Å². The van der Waals surface area contributed by atoms with Gasteiger partial charge in [0.15, 0.2) is 5.82 Å². The molecule has 0 radical (unpaired) electrons. The summed E-state index contributed by atoms with van der Waals surface area (Å²) in [5.74, 6) is 1.95. The standard InChI is InChI=1S/C26H30N6/c1-16-7-6-8-23(18(16)3)19(4)29-25-24-13-22(10-9-21(24)14-27-30-25)32-12-11-31-15-17(2)28-26(31)20(32)5/h6-10,13-15,19-20H,11-12H2,1-5H3,(H,29,30)/t19-,20?/m1/s1. The number of nitrogens with zero attached hydrogens (tertiary/aromatic N) is 5. The van der Waals surface area contributed by atoms with E-state index >= 15 is 0 Å². The minimum absolute atomic E-state index is 0.128. The Hall–Kier alpha value is -3.41. The number of rotatable bonds is 4. The number of aryl methyl sites for hydroxylation is 2. The molecule has 2 atom stereocenters. The number of nitrogens with one attached hydrogen (secondary N) is 1. The van der Waals surface area contributed by atoms with Gasteiger partial charge in [-0.2, -0.15) is 5.10 Å². The molecule has 0 aliphatic carbocycles. The fourth-order valence-corrected chi connectivity index (χ4v) is 4.85. The van der Waals surface area contributed by atoms with Crippen molar-refractivity contribution in [1.82, 2.24) is 19.7 Å². The first-order valence-corrected chi connectivity index (χ1v) is 11.3. The van der Waals surface area contributed by atoms with Crippen LogP contribution in [0.3, 0.4) is 0 Å². The smallest absolute Gasteiger partial charge is 0.157 e. The molecule has 164 valence electrons. The highest BCUT2D eigenvalue weighted by Crippen LogP contribution is 2.34. The zero-order valence-electron chi connectivity index (χ0n) is 19.4. The molecule has 1 unspecified atom stereocenters. The minimum Gasteiger partial charge on any atom is -0.362 e. The Labute approximate surface area is 189 Å². The molecule has 0 amide bonds. The van der Waals surface area contributed by atoms with Crippen molar-refractivity contribution in [1.29, 1.82) is 0 Å². The first-order chi connectivity index (χ1) is 15.4. The zero-order chi connectivity index (χ0) is 22.4. The Morgan fingerprint density at radius 2 is 1.94 bits per heavy atom. The van der Waals surface area contributed by atoms with E-state index in [1.165, 1.54) is 22.4 Å². The maximum absolute atomic E-state index is 4.76. The van der Waals surface area contributed by atoms with E-state index in [1.807, 2.05) is 6.20 Å². The third kappa shape index (κ3) is 3.49.